The molecule has 0 spiro atoms. The minimum atomic E-state index is 0.826. The maximum atomic E-state index is 10.7. The van der Waals surface area contributed by atoms with Gasteiger partial charge >= 0.3 is 0 Å². The average molecular weight is 243 g/mol. The van der Waals surface area contributed by atoms with E-state index in [0.717, 1.165) is 23.2 Å². The lowest BCUT2D eigenvalue weighted by Gasteiger charge is -2.21. The van der Waals surface area contributed by atoms with E-state index in [1.807, 2.05) is 59.1 Å². The van der Waals surface area contributed by atoms with Gasteiger partial charge in [0.1, 0.15) is 6.29 Å². The number of aldehydes is 1. The molecular weight excluding hydrogens is 230 g/mol. The van der Waals surface area contributed by atoms with Gasteiger partial charge in [0.25, 0.3) is 0 Å². The summed E-state index contributed by atoms with van der Waals surface area (Å²) < 4.78 is 0. The van der Waals surface area contributed by atoms with E-state index in [0.29, 0.717) is 0 Å². The van der Waals surface area contributed by atoms with Crippen molar-refractivity contribution >= 4 is 29.0 Å². The van der Waals surface area contributed by atoms with Crippen LogP contribution >= 0.6 is 11.3 Å². The maximum Gasteiger partial charge on any atom is 0.144 e. The summed E-state index contributed by atoms with van der Waals surface area (Å²) >= 11 is 1.62. The van der Waals surface area contributed by atoms with Crippen molar-refractivity contribution in [2.75, 3.05) is 11.9 Å². The molecule has 0 bridgehead atoms. The summed E-state index contributed by atoms with van der Waals surface area (Å²) in [4.78, 5) is 12.8. The Balaban J connectivity index is 2.36. The van der Waals surface area contributed by atoms with E-state index in [2.05, 4.69) is 0 Å². The predicted molar refractivity (Wildman–Crippen MR) is 73.2 cm³/mol. The third-order valence-corrected chi connectivity index (χ3v) is 3.23. The van der Waals surface area contributed by atoms with Gasteiger partial charge in [-0.3, -0.25) is 4.79 Å². The van der Waals surface area contributed by atoms with Crippen LogP contribution in [0.3, 0.4) is 0 Å². The second-order valence-electron chi connectivity index (χ2n) is 3.59. The standard InChI is InChI=1S/C14H13NOS/c1-15(13-5-3-2-4-6-13)14(7-9-16)12-8-10-17-11-12/h2-11H,1H3/b14-7+. The number of para-hydroxylation sites is 1. The highest BCUT2D eigenvalue weighted by atomic mass is 32.1. The zero-order valence-electron chi connectivity index (χ0n) is 9.54. The third kappa shape index (κ3) is 2.63. The Bertz CT molecular complexity index is 502. The molecule has 0 aliphatic rings. The smallest absolute Gasteiger partial charge is 0.144 e. The van der Waals surface area contributed by atoms with E-state index in [1.54, 1.807) is 17.4 Å². The van der Waals surface area contributed by atoms with E-state index >= 15 is 0 Å². The van der Waals surface area contributed by atoms with Gasteiger partial charge in [-0.15, -0.1) is 0 Å². The van der Waals surface area contributed by atoms with E-state index in [-0.39, 0.29) is 0 Å². The van der Waals surface area contributed by atoms with Crippen LogP contribution in [0.2, 0.25) is 0 Å². The van der Waals surface area contributed by atoms with Gasteiger partial charge in [0.15, 0.2) is 0 Å². The molecule has 17 heavy (non-hydrogen) atoms. The van der Waals surface area contributed by atoms with E-state index in [1.165, 1.54) is 0 Å². The van der Waals surface area contributed by atoms with Crippen molar-refractivity contribution in [2.24, 2.45) is 0 Å². The van der Waals surface area contributed by atoms with Crippen LogP contribution in [0, 0.1) is 0 Å². The molecule has 0 atom stereocenters. The highest BCUT2D eigenvalue weighted by Crippen LogP contribution is 2.25. The molecule has 0 aliphatic carbocycles. The molecular formula is C14H13NOS. The van der Waals surface area contributed by atoms with Gasteiger partial charge < -0.3 is 4.90 Å². The van der Waals surface area contributed by atoms with Gasteiger partial charge in [0.05, 0.1) is 5.70 Å². The summed E-state index contributed by atoms with van der Waals surface area (Å²) in [5.41, 5.74) is 3.03. The monoisotopic (exact) mass is 243 g/mol. The van der Waals surface area contributed by atoms with Crippen molar-refractivity contribution in [3.05, 3.63) is 58.8 Å². The molecule has 1 aromatic carbocycles. The second-order valence-corrected chi connectivity index (χ2v) is 4.37. The van der Waals surface area contributed by atoms with Crippen molar-refractivity contribution in [2.45, 2.75) is 0 Å². The van der Waals surface area contributed by atoms with Crippen LogP contribution in [0.1, 0.15) is 5.56 Å². The summed E-state index contributed by atoms with van der Waals surface area (Å²) in [6, 6.07) is 12.0. The number of benzene rings is 1. The highest BCUT2D eigenvalue weighted by Gasteiger charge is 2.09. The van der Waals surface area contributed by atoms with Gasteiger partial charge in [-0.2, -0.15) is 11.3 Å². The molecule has 2 aromatic rings. The van der Waals surface area contributed by atoms with Crippen LogP contribution in [0.15, 0.2) is 53.2 Å². The Morgan fingerprint density at radius 3 is 2.59 bits per heavy atom. The van der Waals surface area contributed by atoms with Gasteiger partial charge in [0.2, 0.25) is 0 Å². The molecule has 0 unspecified atom stereocenters. The number of thiophene rings is 1. The average Bonchev–Trinajstić information content (AvgIpc) is 2.90. The normalized spacial score (nSPS) is 11.2. The van der Waals surface area contributed by atoms with Gasteiger partial charge in [0, 0.05) is 29.8 Å². The number of nitrogens with zero attached hydrogens (tertiary/aromatic N) is 1. The Kier molecular flexibility index (Phi) is 3.73. The van der Waals surface area contributed by atoms with Crippen molar-refractivity contribution < 1.29 is 4.79 Å². The number of hydrogen-bond acceptors (Lipinski definition) is 3. The fourth-order valence-electron chi connectivity index (χ4n) is 1.67. The molecule has 1 aromatic heterocycles. The summed E-state index contributed by atoms with van der Waals surface area (Å²) in [6.07, 6.45) is 2.42. The lowest BCUT2D eigenvalue weighted by Crippen LogP contribution is -2.15. The lowest BCUT2D eigenvalue weighted by atomic mass is 10.2. The van der Waals surface area contributed by atoms with Gasteiger partial charge in [-0.25, -0.2) is 0 Å². The molecule has 0 radical (unpaired) electrons. The minimum absolute atomic E-state index is 0.826. The molecule has 0 saturated carbocycles. The van der Waals surface area contributed by atoms with Gasteiger partial charge in [-0.05, 0) is 23.6 Å². The first kappa shape index (κ1) is 11.6. The van der Waals surface area contributed by atoms with Crippen molar-refractivity contribution in [3.8, 4) is 0 Å². The molecule has 1 heterocycles. The summed E-state index contributed by atoms with van der Waals surface area (Å²) in [6.45, 7) is 0. The number of hydrogen-bond donors (Lipinski definition) is 0. The third-order valence-electron chi connectivity index (χ3n) is 2.55. The molecule has 2 rings (SSSR count). The Labute approximate surface area is 105 Å². The quantitative estimate of drug-likeness (QED) is 0.605. The molecule has 0 fully saturated rings. The zero-order chi connectivity index (χ0) is 12.1. The molecule has 2 nitrogen and oxygen atoms in total. The SMILES string of the molecule is CN(/C(=C/C=O)c1ccsc1)c1ccccc1. The van der Waals surface area contributed by atoms with Crippen LogP contribution in [-0.4, -0.2) is 13.3 Å². The zero-order valence-corrected chi connectivity index (χ0v) is 10.4. The first-order valence-corrected chi connectivity index (χ1v) is 6.24. The van der Waals surface area contributed by atoms with Crippen molar-refractivity contribution in [3.63, 3.8) is 0 Å². The summed E-state index contributed by atoms with van der Waals surface area (Å²) in [7, 11) is 1.96. The largest absolute Gasteiger partial charge is 0.344 e. The predicted octanol–water partition coefficient (Wildman–Crippen LogP) is 3.42. The fraction of sp³-hybridized carbons (Fsp3) is 0.0714. The number of rotatable bonds is 4. The molecule has 0 N–H and O–H groups in total. The Hall–Kier alpha value is -1.87. The van der Waals surface area contributed by atoms with E-state index in [9.17, 15) is 4.79 Å². The topological polar surface area (TPSA) is 20.3 Å². The van der Waals surface area contributed by atoms with Crippen LogP contribution in [0.5, 0.6) is 0 Å². The fourth-order valence-corrected chi connectivity index (χ4v) is 2.32. The Morgan fingerprint density at radius 2 is 2.00 bits per heavy atom. The highest BCUT2D eigenvalue weighted by molar-refractivity contribution is 7.08. The number of anilines is 1. The minimum Gasteiger partial charge on any atom is -0.344 e. The molecule has 86 valence electrons. The van der Waals surface area contributed by atoms with Crippen LogP contribution in [0.25, 0.3) is 5.70 Å². The Morgan fingerprint density at radius 1 is 1.24 bits per heavy atom. The molecule has 0 saturated heterocycles. The molecule has 0 aliphatic heterocycles. The van der Waals surface area contributed by atoms with E-state index < -0.39 is 0 Å². The maximum absolute atomic E-state index is 10.7. The van der Waals surface area contributed by atoms with Crippen LogP contribution < -0.4 is 4.90 Å². The van der Waals surface area contributed by atoms with Crippen molar-refractivity contribution in [1.29, 1.82) is 0 Å². The van der Waals surface area contributed by atoms with E-state index in [4.69, 9.17) is 0 Å². The molecule has 3 heteroatoms. The first-order valence-electron chi connectivity index (χ1n) is 5.29. The number of carbonyl (C=O) groups is 1. The number of carbonyl (C=O) groups excluding carboxylic acids is 1. The lowest BCUT2D eigenvalue weighted by molar-refractivity contribution is -0.104. The van der Waals surface area contributed by atoms with Gasteiger partial charge in [-0.1, -0.05) is 18.2 Å². The van der Waals surface area contributed by atoms with Crippen LogP contribution in [-0.2, 0) is 4.79 Å². The van der Waals surface area contributed by atoms with Crippen LogP contribution in [0.4, 0.5) is 5.69 Å². The summed E-state index contributed by atoms with van der Waals surface area (Å²) in [5.74, 6) is 0. The van der Waals surface area contributed by atoms with Crippen molar-refractivity contribution in [1.82, 2.24) is 0 Å². The molecule has 0 amide bonds. The first-order chi connectivity index (χ1) is 8.33. The second kappa shape index (κ2) is 5.46. The summed E-state index contributed by atoms with van der Waals surface area (Å²) in [5, 5.41) is 4.04. The number of allylic oxidation sites excluding steroid dienone is 1.